The Balaban J connectivity index is 1.44. The molecule has 0 atom stereocenters. The van der Waals surface area contributed by atoms with E-state index in [2.05, 4.69) is 15.3 Å². The molecule has 1 amide bonds. The van der Waals surface area contributed by atoms with E-state index in [-0.39, 0.29) is 29.0 Å². The third-order valence-electron chi connectivity index (χ3n) is 5.58. The van der Waals surface area contributed by atoms with E-state index in [4.69, 9.17) is 4.74 Å². The first kappa shape index (κ1) is 20.1. The van der Waals surface area contributed by atoms with Crippen molar-refractivity contribution in [3.8, 4) is 5.88 Å². The van der Waals surface area contributed by atoms with Crippen molar-refractivity contribution in [3.05, 3.63) is 64.2 Å². The number of aryl methyl sites for hydroxylation is 2. The highest BCUT2D eigenvalue weighted by Gasteiger charge is 2.25. The number of aromatic nitrogens is 3. The summed E-state index contributed by atoms with van der Waals surface area (Å²) in [5.74, 6) is 0.309. The lowest BCUT2D eigenvalue weighted by Gasteiger charge is -2.29. The second kappa shape index (κ2) is 8.65. The maximum atomic E-state index is 12.9. The van der Waals surface area contributed by atoms with Crippen LogP contribution in [-0.4, -0.2) is 32.6 Å². The third-order valence-corrected chi connectivity index (χ3v) is 5.58. The molecule has 7 nitrogen and oxygen atoms in total. The van der Waals surface area contributed by atoms with Crippen molar-refractivity contribution in [1.29, 1.82) is 0 Å². The number of rotatable bonds is 5. The number of pyridine rings is 3. The number of amides is 1. The minimum Gasteiger partial charge on any atom is -0.474 e. The summed E-state index contributed by atoms with van der Waals surface area (Å²) in [5.41, 5.74) is 1.35. The van der Waals surface area contributed by atoms with Crippen LogP contribution in [0.3, 0.4) is 0 Å². The van der Waals surface area contributed by atoms with Gasteiger partial charge in [-0.15, -0.1) is 0 Å². The van der Waals surface area contributed by atoms with Crippen LogP contribution in [0.5, 0.6) is 5.88 Å². The highest BCUT2D eigenvalue weighted by atomic mass is 16.5. The molecule has 1 fully saturated rings. The molecule has 0 bridgehead atoms. The summed E-state index contributed by atoms with van der Waals surface area (Å²) < 4.78 is 7.77. The minimum absolute atomic E-state index is 0.0300. The lowest BCUT2D eigenvalue weighted by atomic mass is 9.92. The molecule has 3 aromatic heterocycles. The highest BCUT2D eigenvalue weighted by molar-refractivity contribution is 5.97. The Labute approximate surface area is 175 Å². The molecule has 1 aliphatic carbocycles. The minimum atomic E-state index is -0.321. The van der Waals surface area contributed by atoms with Crippen molar-refractivity contribution in [3.63, 3.8) is 0 Å². The first-order valence-corrected chi connectivity index (χ1v) is 10.4. The molecule has 1 saturated carbocycles. The fraction of sp³-hybridized carbons (Fsp3) is 0.391. The molecule has 0 aliphatic heterocycles. The average molecular weight is 406 g/mol. The molecule has 0 saturated heterocycles. The summed E-state index contributed by atoms with van der Waals surface area (Å²) in [6.07, 6.45) is 6.72. The number of nitrogens with zero attached hydrogens (tertiary/aromatic N) is 3. The monoisotopic (exact) mass is 406 g/mol. The summed E-state index contributed by atoms with van der Waals surface area (Å²) in [6, 6.07) is 9.19. The Kier molecular flexibility index (Phi) is 5.79. The molecule has 0 radical (unpaired) electrons. The van der Waals surface area contributed by atoms with Crippen LogP contribution in [0.4, 0.5) is 0 Å². The van der Waals surface area contributed by atoms with Gasteiger partial charge in [0, 0.05) is 36.7 Å². The lowest BCUT2D eigenvalue weighted by Crippen LogP contribution is -2.41. The number of fused-ring (bicyclic) bond motifs is 1. The highest BCUT2D eigenvalue weighted by Crippen LogP contribution is 2.23. The van der Waals surface area contributed by atoms with Gasteiger partial charge in [0.15, 0.2) is 0 Å². The molecule has 30 heavy (non-hydrogen) atoms. The van der Waals surface area contributed by atoms with Gasteiger partial charge >= 0.3 is 0 Å². The molecule has 156 valence electrons. The molecule has 1 N–H and O–H groups in total. The van der Waals surface area contributed by atoms with Gasteiger partial charge in [-0.25, -0.2) is 9.97 Å². The zero-order valence-corrected chi connectivity index (χ0v) is 17.3. The molecule has 3 heterocycles. The van der Waals surface area contributed by atoms with Crippen molar-refractivity contribution in [2.24, 2.45) is 0 Å². The van der Waals surface area contributed by atoms with Crippen LogP contribution in [-0.2, 0) is 6.54 Å². The van der Waals surface area contributed by atoms with E-state index in [9.17, 15) is 9.59 Å². The van der Waals surface area contributed by atoms with Crippen LogP contribution in [0.25, 0.3) is 11.0 Å². The number of carbonyl (C=O) groups excluding carboxylic acids is 1. The summed E-state index contributed by atoms with van der Waals surface area (Å²) in [6.45, 7) is 4.49. The Morgan fingerprint density at radius 2 is 2.00 bits per heavy atom. The zero-order chi connectivity index (χ0) is 21.1. The number of carbonyl (C=O) groups is 1. The van der Waals surface area contributed by atoms with Gasteiger partial charge in [0.05, 0.1) is 5.39 Å². The van der Waals surface area contributed by atoms with E-state index >= 15 is 0 Å². The van der Waals surface area contributed by atoms with E-state index in [1.807, 2.05) is 36.6 Å². The second-order valence-electron chi connectivity index (χ2n) is 7.71. The van der Waals surface area contributed by atoms with Gasteiger partial charge in [0.2, 0.25) is 11.3 Å². The molecular formula is C23H26N4O3. The van der Waals surface area contributed by atoms with Crippen LogP contribution in [0.15, 0.2) is 47.5 Å². The van der Waals surface area contributed by atoms with Gasteiger partial charge in [0.25, 0.3) is 5.91 Å². The summed E-state index contributed by atoms with van der Waals surface area (Å²) in [7, 11) is 0. The van der Waals surface area contributed by atoms with Crippen molar-refractivity contribution >= 4 is 16.9 Å². The molecule has 7 heteroatoms. The van der Waals surface area contributed by atoms with Crippen LogP contribution < -0.4 is 15.5 Å². The standard InChI is InChI=1S/C23H26N4O3/c1-3-27-14-19(21(28)18-12-7-15(2)25-22(18)27)23(29)26-16-8-10-17(11-9-16)30-20-6-4-5-13-24-20/h4-7,12-14,16-17H,3,8-11H2,1-2H3,(H,26,29). The Hall–Kier alpha value is -3.22. The first-order valence-electron chi connectivity index (χ1n) is 10.4. The smallest absolute Gasteiger partial charge is 0.256 e. The third kappa shape index (κ3) is 4.20. The van der Waals surface area contributed by atoms with Gasteiger partial charge in [-0.1, -0.05) is 6.07 Å². The largest absolute Gasteiger partial charge is 0.474 e. The van der Waals surface area contributed by atoms with Crippen LogP contribution in [0.1, 0.15) is 48.7 Å². The molecule has 0 aromatic carbocycles. The van der Waals surface area contributed by atoms with Crippen molar-refractivity contribution in [2.75, 3.05) is 0 Å². The normalized spacial score (nSPS) is 18.9. The summed E-state index contributed by atoms with van der Waals surface area (Å²) in [4.78, 5) is 34.5. The van der Waals surface area contributed by atoms with Gasteiger partial charge in [-0.05, 0) is 57.7 Å². The summed E-state index contributed by atoms with van der Waals surface area (Å²) >= 11 is 0. The van der Waals surface area contributed by atoms with Gasteiger partial charge in [-0.3, -0.25) is 9.59 Å². The average Bonchev–Trinajstić information content (AvgIpc) is 2.76. The molecule has 3 aromatic rings. The number of nitrogens with one attached hydrogen (secondary N) is 1. The van der Waals surface area contributed by atoms with E-state index in [1.54, 1.807) is 24.5 Å². The Morgan fingerprint density at radius 3 is 2.70 bits per heavy atom. The quantitative estimate of drug-likeness (QED) is 0.703. The molecular weight excluding hydrogens is 380 g/mol. The fourth-order valence-corrected chi connectivity index (χ4v) is 3.94. The van der Waals surface area contributed by atoms with E-state index < -0.39 is 0 Å². The number of hydrogen-bond donors (Lipinski definition) is 1. The maximum Gasteiger partial charge on any atom is 0.256 e. The zero-order valence-electron chi connectivity index (χ0n) is 17.3. The predicted molar refractivity (Wildman–Crippen MR) is 115 cm³/mol. The van der Waals surface area contributed by atoms with Crippen LogP contribution >= 0.6 is 0 Å². The SMILES string of the molecule is CCn1cc(C(=O)NC2CCC(Oc3ccccn3)CC2)c(=O)c2ccc(C)nc21. The molecule has 4 rings (SSSR count). The van der Waals surface area contributed by atoms with Crippen molar-refractivity contribution < 1.29 is 9.53 Å². The van der Waals surface area contributed by atoms with Crippen molar-refractivity contribution in [1.82, 2.24) is 19.9 Å². The Morgan fingerprint density at radius 1 is 1.20 bits per heavy atom. The molecule has 1 aliphatic rings. The topological polar surface area (TPSA) is 86.1 Å². The number of hydrogen-bond acceptors (Lipinski definition) is 5. The van der Waals surface area contributed by atoms with Gasteiger partial charge in [-0.2, -0.15) is 0 Å². The van der Waals surface area contributed by atoms with E-state index in [0.29, 0.717) is 23.5 Å². The van der Waals surface area contributed by atoms with E-state index in [1.165, 1.54) is 0 Å². The first-order chi connectivity index (χ1) is 14.5. The second-order valence-corrected chi connectivity index (χ2v) is 7.71. The van der Waals surface area contributed by atoms with Crippen LogP contribution in [0, 0.1) is 6.92 Å². The fourth-order valence-electron chi connectivity index (χ4n) is 3.94. The predicted octanol–water partition coefficient (Wildman–Crippen LogP) is 3.24. The Bertz CT molecular complexity index is 1100. The van der Waals surface area contributed by atoms with E-state index in [0.717, 1.165) is 31.4 Å². The maximum absolute atomic E-state index is 12.9. The van der Waals surface area contributed by atoms with Gasteiger partial charge in [0.1, 0.15) is 17.3 Å². The molecule has 0 unspecified atom stereocenters. The van der Waals surface area contributed by atoms with Crippen molar-refractivity contribution in [2.45, 2.75) is 58.2 Å². The summed E-state index contributed by atoms with van der Waals surface area (Å²) in [5, 5.41) is 3.52. The lowest BCUT2D eigenvalue weighted by molar-refractivity contribution is 0.0888. The van der Waals surface area contributed by atoms with Crippen LogP contribution in [0.2, 0.25) is 0 Å². The number of ether oxygens (including phenoxy) is 1. The molecule has 0 spiro atoms. The van der Waals surface area contributed by atoms with Gasteiger partial charge < -0.3 is 14.6 Å².